The molecule has 0 fully saturated rings. The van der Waals surface area contributed by atoms with E-state index >= 15 is 0 Å². The van der Waals surface area contributed by atoms with Crippen LogP contribution in [0.3, 0.4) is 0 Å². The van der Waals surface area contributed by atoms with Gasteiger partial charge in [-0.1, -0.05) is 0 Å². The summed E-state index contributed by atoms with van der Waals surface area (Å²) < 4.78 is 13.9. The number of carbonyl (C=O) groups is 1. The second-order valence-corrected chi connectivity index (χ2v) is 5.03. The average Bonchev–Trinajstić information content (AvgIpc) is 2.35. The van der Waals surface area contributed by atoms with Gasteiger partial charge in [0.15, 0.2) is 0 Å². The molecule has 3 nitrogen and oxygen atoms in total. The summed E-state index contributed by atoms with van der Waals surface area (Å²) in [6.45, 7) is 4.80. The molecule has 1 amide bonds. The smallest absolute Gasteiger partial charge is 0.226 e. The van der Waals surface area contributed by atoms with E-state index < -0.39 is 0 Å². The molecule has 1 heterocycles. The first-order valence-electron chi connectivity index (χ1n) is 5.58. The van der Waals surface area contributed by atoms with E-state index in [0.717, 1.165) is 12.2 Å². The third-order valence-corrected chi connectivity index (χ3v) is 3.58. The Balaban J connectivity index is 2.55. The molecule has 0 spiro atoms. The summed E-state index contributed by atoms with van der Waals surface area (Å²) in [4.78, 5) is 13.7. The fraction of sp³-hybridized carbons (Fsp3) is 0.417. The molecule has 1 N–H and O–H groups in total. The molecule has 0 radical (unpaired) electrons. The Hall–Kier alpha value is -1.10. The second kappa shape index (κ2) is 4.64. The van der Waals surface area contributed by atoms with Crippen molar-refractivity contribution in [1.29, 1.82) is 0 Å². The van der Waals surface area contributed by atoms with Crippen LogP contribution >= 0.6 is 15.9 Å². The average molecular weight is 301 g/mol. The summed E-state index contributed by atoms with van der Waals surface area (Å²) in [5, 5.41) is 2.74. The Morgan fingerprint density at radius 2 is 2.29 bits per heavy atom. The molecular weight excluding hydrogens is 287 g/mol. The minimum Gasteiger partial charge on any atom is -0.367 e. The lowest BCUT2D eigenvalue weighted by molar-refractivity contribution is -0.116. The Labute approximate surface area is 108 Å². The predicted molar refractivity (Wildman–Crippen MR) is 69.8 cm³/mol. The van der Waals surface area contributed by atoms with E-state index in [-0.39, 0.29) is 17.8 Å². The lowest BCUT2D eigenvalue weighted by Crippen LogP contribution is -2.33. The van der Waals surface area contributed by atoms with Gasteiger partial charge in [-0.3, -0.25) is 4.79 Å². The predicted octanol–water partition coefficient (Wildman–Crippen LogP) is 3.15. The molecule has 1 atom stereocenters. The van der Waals surface area contributed by atoms with Gasteiger partial charge in [0.05, 0.1) is 15.8 Å². The fourth-order valence-electron chi connectivity index (χ4n) is 2.17. The number of anilines is 2. The van der Waals surface area contributed by atoms with Crippen molar-refractivity contribution in [1.82, 2.24) is 0 Å². The van der Waals surface area contributed by atoms with Gasteiger partial charge in [-0.2, -0.15) is 0 Å². The van der Waals surface area contributed by atoms with Gasteiger partial charge in [0.2, 0.25) is 5.91 Å². The summed E-state index contributed by atoms with van der Waals surface area (Å²) in [6, 6.07) is 3.19. The molecule has 0 aromatic heterocycles. The number of nitrogens with one attached hydrogen (secondary N) is 1. The van der Waals surface area contributed by atoms with Gasteiger partial charge in [-0.25, -0.2) is 4.39 Å². The first-order valence-corrected chi connectivity index (χ1v) is 6.37. The largest absolute Gasteiger partial charge is 0.367 e. The highest BCUT2D eigenvalue weighted by Gasteiger charge is 2.25. The Kier molecular flexibility index (Phi) is 3.38. The summed E-state index contributed by atoms with van der Waals surface area (Å²) in [5.41, 5.74) is 1.40. The molecule has 1 aliphatic rings. The number of fused-ring (bicyclic) bond motifs is 1. The van der Waals surface area contributed by atoms with E-state index in [9.17, 15) is 9.18 Å². The molecule has 0 saturated carbocycles. The Morgan fingerprint density at radius 1 is 1.59 bits per heavy atom. The van der Waals surface area contributed by atoms with Gasteiger partial charge >= 0.3 is 0 Å². The molecule has 1 unspecified atom stereocenters. The number of amides is 1. The van der Waals surface area contributed by atoms with Crippen molar-refractivity contribution in [3.63, 3.8) is 0 Å². The van der Waals surface area contributed by atoms with E-state index in [1.807, 2.05) is 13.8 Å². The molecule has 1 aliphatic heterocycles. The number of hydrogen-bond acceptors (Lipinski definition) is 2. The minimum absolute atomic E-state index is 0.0728. The third kappa shape index (κ3) is 2.29. The van der Waals surface area contributed by atoms with Crippen molar-refractivity contribution in [3.05, 3.63) is 22.4 Å². The highest BCUT2D eigenvalue weighted by atomic mass is 79.9. The van der Waals surface area contributed by atoms with Crippen LogP contribution in [-0.2, 0) is 4.79 Å². The summed E-state index contributed by atoms with van der Waals surface area (Å²) in [5.74, 6) is -0.439. The van der Waals surface area contributed by atoms with Gasteiger partial charge in [0.25, 0.3) is 0 Å². The molecule has 0 saturated heterocycles. The first kappa shape index (κ1) is 12.4. The fourth-order valence-corrected chi connectivity index (χ4v) is 2.50. The molecular formula is C12H14BrFN2O. The van der Waals surface area contributed by atoms with E-state index in [2.05, 4.69) is 26.1 Å². The number of nitrogens with zero attached hydrogens (tertiary/aromatic N) is 1. The lowest BCUT2D eigenvalue weighted by Gasteiger charge is -2.28. The van der Waals surface area contributed by atoms with Gasteiger partial charge in [-0.15, -0.1) is 0 Å². The van der Waals surface area contributed by atoms with Crippen LogP contribution < -0.4 is 10.2 Å². The maximum Gasteiger partial charge on any atom is 0.226 e. The maximum atomic E-state index is 13.5. The zero-order valence-corrected chi connectivity index (χ0v) is 11.3. The van der Waals surface area contributed by atoms with Crippen LogP contribution in [0.4, 0.5) is 15.8 Å². The van der Waals surface area contributed by atoms with Crippen molar-refractivity contribution >= 4 is 33.2 Å². The third-order valence-electron chi connectivity index (χ3n) is 2.98. The molecule has 0 bridgehead atoms. The highest BCUT2D eigenvalue weighted by Crippen LogP contribution is 2.35. The van der Waals surface area contributed by atoms with Gasteiger partial charge < -0.3 is 10.2 Å². The van der Waals surface area contributed by atoms with Gasteiger partial charge in [-0.05, 0) is 35.8 Å². The van der Waals surface area contributed by atoms with Crippen LogP contribution in [0.2, 0.25) is 0 Å². The number of hydrogen-bond donors (Lipinski definition) is 1. The first-order chi connectivity index (χ1) is 8.02. The van der Waals surface area contributed by atoms with Crippen LogP contribution in [0.15, 0.2) is 16.6 Å². The van der Waals surface area contributed by atoms with Gasteiger partial charge in [0, 0.05) is 25.1 Å². The van der Waals surface area contributed by atoms with Crippen LogP contribution in [0.1, 0.15) is 20.3 Å². The normalized spacial score (nSPS) is 19.6. The van der Waals surface area contributed by atoms with E-state index in [1.165, 1.54) is 6.07 Å². The van der Waals surface area contributed by atoms with Crippen molar-refractivity contribution in [2.75, 3.05) is 16.8 Å². The van der Waals surface area contributed by atoms with Crippen molar-refractivity contribution in [2.24, 2.45) is 0 Å². The monoisotopic (exact) mass is 300 g/mol. The van der Waals surface area contributed by atoms with Crippen LogP contribution in [0, 0.1) is 5.82 Å². The Morgan fingerprint density at radius 3 is 2.94 bits per heavy atom. The molecule has 92 valence electrons. The van der Waals surface area contributed by atoms with Crippen molar-refractivity contribution < 1.29 is 9.18 Å². The van der Waals surface area contributed by atoms with Crippen molar-refractivity contribution in [2.45, 2.75) is 26.3 Å². The zero-order chi connectivity index (χ0) is 12.6. The number of benzene rings is 1. The lowest BCUT2D eigenvalue weighted by atomic mass is 10.2. The standard InChI is InChI=1S/C12H14BrFN2O/c1-3-16-7(2)4-12(17)15-10-6-9(14)8(13)5-11(10)16/h5-7H,3-4H2,1-2H3,(H,15,17). The van der Waals surface area contributed by atoms with E-state index in [4.69, 9.17) is 0 Å². The quantitative estimate of drug-likeness (QED) is 0.864. The number of halogens is 2. The minimum atomic E-state index is -0.366. The summed E-state index contributed by atoms with van der Waals surface area (Å²) in [6.07, 6.45) is 0.418. The maximum absolute atomic E-state index is 13.5. The SMILES string of the molecule is CCN1c2cc(Br)c(F)cc2NC(=O)CC1C. The van der Waals surface area contributed by atoms with E-state index in [1.54, 1.807) is 6.07 Å². The number of carbonyl (C=O) groups excluding carboxylic acids is 1. The van der Waals surface area contributed by atoms with Crippen LogP contribution in [0.5, 0.6) is 0 Å². The topological polar surface area (TPSA) is 32.3 Å². The number of rotatable bonds is 1. The summed E-state index contributed by atoms with van der Waals surface area (Å²) in [7, 11) is 0. The van der Waals surface area contributed by atoms with Gasteiger partial charge in [0.1, 0.15) is 5.82 Å². The van der Waals surface area contributed by atoms with Crippen LogP contribution in [0.25, 0.3) is 0 Å². The molecule has 5 heteroatoms. The van der Waals surface area contributed by atoms with E-state index in [0.29, 0.717) is 16.6 Å². The van der Waals surface area contributed by atoms with Crippen molar-refractivity contribution in [3.8, 4) is 0 Å². The molecule has 0 aliphatic carbocycles. The van der Waals surface area contributed by atoms with Crippen LogP contribution in [-0.4, -0.2) is 18.5 Å². The highest BCUT2D eigenvalue weighted by molar-refractivity contribution is 9.10. The molecule has 1 aromatic rings. The molecule has 17 heavy (non-hydrogen) atoms. The Bertz CT molecular complexity index is 464. The summed E-state index contributed by atoms with van der Waals surface area (Å²) >= 11 is 3.18. The molecule has 1 aromatic carbocycles. The second-order valence-electron chi connectivity index (χ2n) is 4.17. The zero-order valence-electron chi connectivity index (χ0n) is 9.76. The molecule has 2 rings (SSSR count).